The van der Waals surface area contributed by atoms with Crippen molar-refractivity contribution in [2.75, 3.05) is 6.61 Å². The molecule has 196 valence electrons. The average Bonchev–Trinajstić information content (AvgIpc) is 2.78. The summed E-state index contributed by atoms with van der Waals surface area (Å²) in [5.74, 6) is -1.56. The molecule has 2 rings (SSSR count). The highest BCUT2D eigenvalue weighted by Gasteiger charge is 2.29. The molecule has 0 aliphatic heterocycles. The highest BCUT2D eigenvalue weighted by molar-refractivity contribution is 6.21. The van der Waals surface area contributed by atoms with E-state index in [2.05, 4.69) is 12.2 Å². The summed E-state index contributed by atoms with van der Waals surface area (Å²) in [6.07, 6.45) is 11.3. The number of carbonyl (C=O) groups is 4. The van der Waals surface area contributed by atoms with Crippen LogP contribution in [-0.4, -0.2) is 40.0 Å². The van der Waals surface area contributed by atoms with Gasteiger partial charge in [-0.25, -0.2) is 0 Å². The maximum atomic E-state index is 11.8. The number of carbonyl (C=O) groups excluding carboxylic acids is 4. The molecule has 0 aromatic heterocycles. The molecule has 6 nitrogen and oxygen atoms in total. The number of hydrogen-bond donors (Lipinski definition) is 2. The van der Waals surface area contributed by atoms with Crippen LogP contribution in [-0.2, 0) is 19.2 Å². The lowest BCUT2D eigenvalue weighted by Gasteiger charge is -2.19. The smallest absolute Gasteiger partial charge is 0.223 e. The molecule has 0 spiro atoms. The van der Waals surface area contributed by atoms with E-state index in [9.17, 15) is 29.4 Å². The second kappa shape index (κ2) is 14.4. The predicted molar refractivity (Wildman–Crippen MR) is 142 cm³/mol. The van der Waals surface area contributed by atoms with Gasteiger partial charge in [0.2, 0.25) is 5.78 Å². The number of ketones is 4. The molecule has 0 saturated carbocycles. The number of hydrogen-bond acceptors (Lipinski definition) is 6. The molecule has 6 heteroatoms. The molecule has 2 atom stereocenters. The van der Waals surface area contributed by atoms with E-state index >= 15 is 0 Å². The highest BCUT2D eigenvalue weighted by atomic mass is 16.3. The van der Waals surface area contributed by atoms with Crippen LogP contribution in [0.5, 0.6) is 0 Å². The van der Waals surface area contributed by atoms with E-state index in [-0.39, 0.29) is 52.7 Å². The Bertz CT molecular complexity index is 1070. The predicted octanol–water partition coefficient (Wildman–Crippen LogP) is 5.64. The highest BCUT2D eigenvalue weighted by Crippen LogP contribution is 2.27. The SMILES string of the molecule is CC(C)=CCCC(C)C1=C(CO)C(=O)C=CC1=O.CC(C)=CCC[C@@H](C)C1=C(O)C(=O)C(C)=CC1=O. The molecule has 0 heterocycles. The van der Waals surface area contributed by atoms with E-state index in [0.29, 0.717) is 11.1 Å². The fourth-order valence-electron chi connectivity index (χ4n) is 4.10. The van der Waals surface area contributed by atoms with Gasteiger partial charge < -0.3 is 10.2 Å². The Morgan fingerprint density at radius 3 is 1.75 bits per heavy atom. The van der Waals surface area contributed by atoms with Crippen molar-refractivity contribution in [1.82, 2.24) is 0 Å². The fraction of sp³-hybridized carbons (Fsp3) is 0.467. The van der Waals surface area contributed by atoms with Crippen molar-refractivity contribution in [3.05, 3.63) is 69.6 Å². The minimum Gasteiger partial charge on any atom is -0.504 e. The molecule has 0 amide bonds. The van der Waals surface area contributed by atoms with Crippen LogP contribution in [0.25, 0.3) is 0 Å². The van der Waals surface area contributed by atoms with Gasteiger partial charge in [-0.15, -0.1) is 0 Å². The summed E-state index contributed by atoms with van der Waals surface area (Å²) in [6.45, 7) is 13.1. The third kappa shape index (κ3) is 8.83. The first kappa shape index (κ1) is 30.9. The average molecular weight is 497 g/mol. The van der Waals surface area contributed by atoms with Gasteiger partial charge in [0.15, 0.2) is 23.1 Å². The van der Waals surface area contributed by atoms with E-state index in [0.717, 1.165) is 25.7 Å². The van der Waals surface area contributed by atoms with Crippen LogP contribution in [0.4, 0.5) is 0 Å². The molecule has 0 radical (unpaired) electrons. The minimum absolute atomic E-state index is 0.0100. The molecule has 0 aromatic rings. The van der Waals surface area contributed by atoms with Crippen molar-refractivity contribution in [2.24, 2.45) is 11.8 Å². The Hall–Kier alpha value is -3.12. The van der Waals surface area contributed by atoms with Crippen molar-refractivity contribution in [3.8, 4) is 0 Å². The third-order valence-corrected chi connectivity index (χ3v) is 6.16. The van der Waals surface area contributed by atoms with Gasteiger partial charge in [-0.2, -0.15) is 0 Å². The molecular weight excluding hydrogens is 456 g/mol. The topological polar surface area (TPSA) is 109 Å². The van der Waals surface area contributed by atoms with Crippen LogP contribution < -0.4 is 0 Å². The first-order chi connectivity index (χ1) is 16.8. The normalized spacial score (nSPS) is 17.4. The molecule has 36 heavy (non-hydrogen) atoms. The van der Waals surface area contributed by atoms with Gasteiger partial charge in [-0.3, -0.25) is 19.2 Å². The van der Waals surface area contributed by atoms with Crippen LogP contribution in [0.1, 0.15) is 74.1 Å². The first-order valence-electron chi connectivity index (χ1n) is 12.4. The molecule has 0 fully saturated rings. The second-order valence-corrected chi connectivity index (χ2v) is 9.91. The van der Waals surface area contributed by atoms with E-state index in [1.165, 1.54) is 29.4 Å². The van der Waals surface area contributed by atoms with E-state index < -0.39 is 5.78 Å². The summed E-state index contributed by atoms with van der Waals surface area (Å²) in [7, 11) is 0. The lowest BCUT2D eigenvalue weighted by molar-refractivity contribution is -0.118. The number of Topliss-reactive ketones (excluding diaryl/α,β-unsaturated/α-hetero) is 1. The standard InChI is InChI=1S/2C15H20O3/c1-9(2)6-5-7-10(3)13-12(16)8-11(4)14(17)15(13)18;1-10(2)5-4-6-11(3)15-12(9-16)13(17)7-8-14(15)18/h6,8,10,18H,5,7H2,1-4H3;5,7-8,11,16H,4,6,9H2,1-3H3/t10-;/m1./s1. The number of rotatable bonds is 9. The zero-order chi connectivity index (χ0) is 27.6. The molecule has 1 unspecified atom stereocenters. The van der Waals surface area contributed by atoms with E-state index in [4.69, 9.17) is 0 Å². The lowest BCUT2D eigenvalue weighted by Crippen LogP contribution is -2.22. The number of aliphatic hydroxyl groups excluding tert-OH is 2. The van der Waals surface area contributed by atoms with Crippen LogP contribution in [0.15, 0.2) is 69.6 Å². The van der Waals surface area contributed by atoms with Crippen molar-refractivity contribution >= 4 is 23.1 Å². The Labute approximate surface area is 214 Å². The molecule has 0 bridgehead atoms. The van der Waals surface area contributed by atoms with Gasteiger partial charge >= 0.3 is 0 Å². The van der Waals surface area contributed by atoms with Gasteiger partial charge in [0.05, 0.1) is 6.61 Å². The van der Waals surface area contributed by atoms with Crippen molar-refractivity contribution in [1.29, 1.82) is 0 Å². The zero-order valence-corrected chi connectivity index (χ0v) is 22.6. The second-order valence-electron chi connectivity index (χ2n) is 9.91. The van der Waals surface area contributed by atoms with Crippen molar-refractivity contribution < 1.29 is 29.4 Å². The maximum absolute atomic E-state index is 11.8. The quantitative estimate of drug-likeness (QED) is 0.316. The zero-order valence-electron chi connectivity index (χ0n) is 22.6. The summed E-state index contributed by atoms with van der Waals surface area (Å²) in [5, 5.41) is 19.0. The van der Waals surface area contributed by atoms with E-state index in [1.807, 2.05) is 41.5 Å². The van der Waals surface area contributed by atoms with Crippen LogP contribution >= 0.6 is 0 Å². The Morgan fingerprint density at radius 2 is 1.28 bits per heavy atom. The number of allylic oxidation sites excluding steroid dienone is 10. The van der Waals surface area contributed by atoms with Gasteiger partial charge in [-0.1, -0.05) is 37.1 Å². The molecule has 2 aliphatic rings. The summed E-state index contributed by atoms with van der Waals surface area (Å²) in [6, 6.07) is 0. The Kier molecular flexibility index (Phi) is 12.4. The van der Waals surface area contributed by atoms with Crippen LogP contribution in [0.3, 0.4) is 0 Å². The molecule has 2 aliphatic carbocycles. The lowest BCUT2D eigenvalue weighted by atomic mass is 9.84. The first-order valence-corrected chi connectivity index (χ1v) is 12.4. The molecule has 0 saturated heterocycles. The molecule has 0 aromatic carbocycles. The largest absolute Gasteiger partial charge is 0.504 e. The van der Waals surface area contributed by atoms with Crippen molar-refractivity contribution in [3.63, 3.8) is 0 Å². The number of aliphatic hydroxyl groups is 2. The van der Waals surface area contributed by atoms with Crippen LogP contribution in [0.2, 0.25) is 0 Å². The minimum atomic E-state index is -0.432. The Balaban J connectivity index is 0.000000360. The summed E-state index contributed by atoms with van der Waals surface area (Å²) < 4.78 is 0. The summed E-state index contributed by atoms with van der Waals surface area (Å²) >= 11 is 0. The van der Waals surface area contributed by atoms with Crippen LogP contribution in [0, 0.1) is 11.8 Å². The third-order valence-electron chi connectivity index (χ3n) is 6.16. The summed E-state index contributed by atoms with van der Waals surface area (Å²) in [5.41, 5.74) is 3.76. The van der Waals surface area contributed by atoms with Gasteiger partial charge in [0.1, 0.15) is 0 Å². The fourth-order valence-corrected chi connectivity index (χ4v) is 4.10. The van der Waals surface area contributed by atoms with Gasteiger partial charge in [0.25, 0.3) is 0 Å². The maximum Gasteiger partial charge on any atom is 0.223 e. The van der Waals surface area contributed by atoms with Crippen molar-refractivity contribution in [2.45, 2.75) is 74.1 Å². The summed E-state index contributed by atoms with van der Waals surface area (Å²) in [4.78, 5) is 46.9. The van der Waals surface area contributed by atoms with Gasteiger partial charge in [-0.05, 0) is 90.4 Å². The Morgan fingerprint density at radius 1 is 0.806 bits per heavy atom. The molecule has 2 N–H and O–H groups in total. The van der Waals surface area contributed by atoms with Gasteiger partial charge in [0, 0.05) is 22.3 Å². The molecular formula is C30H40O6. The van der Waals surface area contributed by atoms with E-state index in [1.54, 1.807) is 6.92 Å². The monoisotopic (exact) mass is 496 g/mol.